The maximum Gasteiger partial charge on any atom is 0.412 e. The second kappa shape index (κ2) is 5.80. The van der Waals surface area contributed by atoms with Gasteiger partial charge in [-0.25, -0.2) is 18.4 Å². The molecule has 0 aliphatic rings. The minimum absolute atomic E-state index is 0.00792. The summed E-state index contributed by atoms with van der Waals surface area (Å²) in [6.45, 7) is 7.04. The average Bonchev–Trinajstić information content (AvgIpc) is 2.25. The van der Waals surface area contributed by atoms with Gasteiger partial charge in [0.25, 0.3) is 0 Å². The third-order valence-corrected chi connectivity index (χ3v) is 3.39. The number of hydrogen-bond donors (Lipinski definition) is 2. The first-order valence-electron chi connectivity index (χ1n) is 6.18. The predicted molar refractivity (Wildman–Crippen MR) is 77.0 cm³/mol. The standard InChI is InChI=1S/C13H20N2O4S/c1-5-9-6-7-10(8-11(9)20(14,17)18)15-12(16)19-13(2,3)4/h6-8H,5H2,1-4H3,(H,15,16)(H2,14,17,18). The largest absolute Gasteiger partial charge is 0.444 e. The number of nitrogens with one attached hydrogen (secondary N) is 1. The molecule has 0 fully saturated rings. The lowest BCUT2D eigenvalue weighted by molar-refractivity contribution is 0.0636. The molecule has 0 heterocycles. The summed E-state index contributed by atoms with van der Waals surface area (Å²) in [6, 6.07) is 4.56. The van der Waals surface area contributed by atoms with E-state index >= 15 is 0 Å². The summed E-state index contributed by atoms with van der Waals surface area (Å²) in [5.74, 6) is 0. The van der Waals surface area contributed by atoms with Crippen LogP contribution in [0.3, 0.4) is 0 Å². The van der Waals surface area contributed by atoms with Crippen molar-refractivity contribution < 1.29 is 17.9 Å². The summed E-state index contributed by atoms with van der Waals surface area (Å²) in [4.78, 5) is 11.6. The van der Waals surface area contributed by atoms with E-state index in [4.69, 9.17) is 9.88 Å². The topological polar surface area (TPSA) is 98.5 Å². The Morgan fingerprint density at radius 2 is 1.95 bits per heavy atom. The quantitative estimate of drug-likeness (QED) is 0.894. The number of nitrogens with two attached hydrogens (primary N) is 1. The normalized spacial score (nSPS) is 12.1. The van der Waals surface area contributed by atoms with Gasteiger partial charge in [-0.1, -0.05) is 13.0 Å². The van der Waals surface area contributed by atoms with E-state index in [2.05, 4.69) is 5.32 Å². The number of benzene rings is 1. The Balaban J connectivity index is 3.02. The van der Waals surface area contributed by atoms with Crippen molar-refractivity contribution in [2.45, 2.75) is 44.6 Å². The highest BCUT2D eigenvalue weighted by molar-refractivity contribution is 7.89. The van der Waals surface area contributed by atoms with Crippen molar-refractivity contribution in [1.82, 2.24) is 0 Å². The van der Waals surface area contributed by atoms with Crippen molar-refractivity contribution in [3.05, 3.63) is 23.8 Å². The fourth-order valence-corrected chi connectivity index (χ4v) is 2.48. The number of sulfonamides is 1. The van der Waals surface area contributed by atoms with Crippen molar-refractivity contribution in [3.8, 4) is 0 Å². The molecule has 0 aromatic heterocycles. The van der Waals surface area contributed by atoms with Crippen molar-refractivity contribution in [2.75, 3.05) is 5.32 Å². The Morgan fingerprint density at radius 1 is 1.35 bits per heavy atom. The van der Waals surface area contributed by atoms with Crippen molar-refractivity contribution >= 4 is 21.8 Å². The third-order valence-electron chi connectivity index (χ3n) is 2.40. The van der Waals surface area contributed by atoms with E-state index in [9.17, 15) is 13.2 Å². The summed E-state index contributed by atoms with van der Waals surface area (Å²) in [5, 5.41) is 7.64. The van der Waals surface area contributed by atoms with Crippen LogP contribution in [-0.2, 0) is 21.2 Å². The molecular formula is C13H20N2O4S. The summed E-state index contributed by atoms with van der Waals surface area (Å²) in [7, 11) is -3.83. The van der Waals surface area contributed by atoms with Crippen LogP contribution in [0.4, 0.5) is 10.5 Å². The molecule has 3 N–H and O–H groups in total. The van der Waals surface area contributed by atoms with Crippen LogP contribution in [0.25, 0.3) is 0 Å². The van der Waals surface area contributed by atoms with Gasteiger partial charge in [-0.2, -0.15) is 0 Å². The Bertz CT molecular complexity index is 603. The molecule has 1 amide bonds. The molecule has 0 unspecified atom stereocenters. The molecule has 0 radical (unpaired) electrons. The van der Waals surface area contributed by atoms with Crippen LogP contribution in [0.2, 0.25) is 0 Å². The summed E-state index contributed by atoms with van der Waals surface area (Å²) < 4.78 is 28.1. The number of aryl methyl sites for hydroxylation is 1. The molecule has 0 bridgehead atoms. The van der Waals surface area contributed by atoms with Gasteiger partial charge in [0, 0.05) is 5.69 Å². The Morgan fingerprint density at radius 3 is 2.40 bits per heavy atom. The monoisotopic (exact) mass is 300 g/mol. The summed E-state index contributed by atoms with van der Waals surface area (Å²) in [5.41, 5.74) is 0.290. The Kier molecular flexibility index (Phi) is 4.77. The molecule has 0 aliphatic carbocycles. The van der Waals surface area contributed by atoms with Crippen LogP contribution in [-0.4, -0.2) is 20.1 Å². The molecular weight excluding hydrogens is 280 g/mol. The molecule has 0 spiro atoms. The summed E-state index contributed by atoms with van der Waals surface area (Å²) >= 11 is 0. The van der Waals surface area contributed by atoms with Crippen LogP contribution in [0, 0.1) is 0 Å². The lowest BCUT2D eigenvalue weighted by Crippen LogP contribution is -2.27. The Labute approximate surface area is 119 Å². The third kappa shape index (κ3) is 4.82. The number of ether oxygens (including phenoxy) is 1. The van der Waals surface area contributed by atoms with Gasteiger partial charge >= 0.3 is 6.09 Å². The fourth-order valence-electron chi connectivity index (χ4n) is 1.61. The van der Waals surface area contributed by atoms with Crippen LogP contribution in [0.15, 0.2) is 23.1 Å². The van der Waals surface area contributed by atoms with E-state index in [1.54, 1.807) is 32.9 Å². The lowest BCUT2D eigenvalue weighted by Gasteiger charge is -2.20. The van der Waals surface area contributed by atoms with Gasteiger partial charge in [-0.3, -0.25) is 5.32 Å². The first kappa shape index (κ1) is 16.5. The average molecular weight is 300 g/mol. The first-order valence-corrected chi connectivity index (χ1v) is 7.73. The van der Waals surface area contributed by atoms with E-state index in [1.807, 2.05) is 6.92 Å². The Hall–Kier alpha value is -1.60. The maximum absolute atomic E-state index is 11.6. The van der Waals surface area contributed by atoms with Crippen LogP contribution in [0.1, 0.15) is 33.3 Å². The van der Waals surface area contributed by atoms with E-state index < -0.39 is 21.7 Å². The van der Waals surface area contributed by atoms with E-state index in [0.717, 1.165) is 0 Å². The molecule has 1 rings (SSSR count). The van der Waals surface area contributed by atoms with Crippen LogP contribution < -0.4 is 10.5 Å². The lowest BCUT2D eigenvalue weighted by atomic mass is 10.1. The zero-order valence-electron chi connectivity index (χ0n) is 12.1. The molecule has 0 atom stereocenters. The van der Waals surface area contributed by atoms with E-state index in [1.165, 1.54) is 6.07 Å². The zero-order valence-corrected chi connectivity index (χ0v) is 12.9. The van der Waals surface area contributed by atoms with Gasteiger partial charge in [0.1, 0.15) is 5.60 Å². The van der Waals surface area contributed by atoms with Gasteiger partial charge < -0.3 is 4.74 Å². The maximum atomic E-state index is 11.6. The number of carbonyl (C=O) groups is 1. The van der Waals surface area contributed by atoms with Gasteiger partial charge in [-0.15, -0.1) is 0 Å². The first-order chi connectivity index (χ1) is 9.03. The van der Waals surface area contributed by atoms with Gasteiger partial charge in [0.2, 0.25) is 10.0 Å². The molecule has 7 heteroatoms. The minimum atomic E-state index is -3.83. The molecule has 1 aromatic carbocycles. The van der Waals surface area contributed by atoms with Crippen molar-refractivity contribution in [2.24, 2.45) is 5.14 Å². The van der Waals surface area contributed by atoms with Crippen molar-refractivity contribution in [1.29, 1.82) is 0 Å². The number of carbonyl (C=O) groups excluding carboxylic acids is 1. The number of primary sulfonamides is 1. The molecule has 20 heavy (non-hydrogen) atoms. The number of anilines is 1. The number of amides is 1. The van der Waals surface area contributed by atoms with E-state index in [-0.39, 0.29) is 4.90 Å². The number of rotatable bonds is 3. The molecule has 112 valence electrons. The molecule has 0 saturated heterocycles. The SMILES string of the molecule is CCc1ccc(NC(=O)OC(C)(C)C)cc1S(N)(=O)=O. The summed E-state index contributed by atoms with van der Waals surface area (Å²) in [6.07, 6.45) is -0.125. The van der Waals surface area contributed by atoms with Gasteiger partial charge in [0.05, 0.1) is 4.90 Å². The second-order valence-electron chi connectivity index (χ2n) is 5.35. The van der Waals surface area contributed by atoms with Gasteiger partial charge in [0.15, 0.2) is 0 Å². The highest BCUT2D eigenvalue weighted by Crippen LogP contribution is 2.21. The fraction of sp³-hybridized carbons (Fsp3) is 0.462. The van der Waals surface area contributed by atoms with Crippen molar-refractivity contribution in [3.63, 3.8) is 0 Å². The highest BCUT2D eigenvalue weighted by atomic mass is 32.2. The predicted octanol–water partition coefficient (Wildman–Crippen LogP) is 2.24. The molecule has 0 saturated carbocycles. The molecule has 6 nitrogen and oxygen atoms in total. The van der Waals surface area contributed by atoms with Gasteiger partial charge in [-0.05, 0) is 44.9 Å². The molecule has 0 aliphatic heterocycles. The minimum Gasteiger partial charge on any atom is -0.444 e. The van der Waals surface area contributed by atoms with E-state index in [0.29, 0.717) is 17.7 Å². The zero-order chi connectivity index (χ0) is 15.6. The molecule has 1 aromatic rings. The second-order valence-corrected chi connectivity index (χ2v) is 6.88. The van der Waals surface area contributed by atoms with Crippen LogP contribution in [0.5, 0.6) is 0 Å². The highest BCUT2D eigenvalue weighted by Gasteiger charge is 2.18. The smallest absolute Gasteiger partial charge is 0.412 e. The van der Waals surface area contributed by atoms with Crippen LogP contribution >= 0.6 is 0 Å². The number of hydrogen-bond acceptors (Lipinski definition) is 4.